The number of aliphatic hydroxyl groups excluding tert-OH is 2. The minimum absolute atomic E-state index is 0.156. The Balaban J connectivity index is 0.00000119. The average molecular weight is 543 g/mol. The summed E-state index contributed by atoms with van der Waals surface area (Å²) in [4.78, 5) is 2.47. The van der Waals surface area contributed by atoms with Crippen molar-refractivity contribution in [2.24, 2.45) is 17.7 Å². The van der Waals surface area contributed by atoms with Crippen LogP contribution in [-0.4, -0.2) is 46.4 Å². The Morgan fingerprint density at radius 2 is 1.79 bits per heavy atom. The lowest BCUT2D eigenvalue weighted by Gasteiger charge is -2.31. The quantitative estimate of drug-likeness (QED) is 0.166. The van der Waals surface area contributed by atoms with Crippen molar-refractivity contribution < 1.29 is 14.6 Å². The number of allylic oxidation sites excluding steroid dienone is 6. The maximum atomic E-state index is 14.3. The van der Waals surface area contributed by atoms with Crippen LogP contribution in [0.3, 0.4) is 0 Å². The van der Waals surface area contributed by atoms with Gasteiger partial charge in [0.25, 0.3) is 0 Å². The summed E-state index contributed by atoms with van der Waals surface area (Å²) in [6, 6.07) is 6.56. The zero-order valence-corrected chi connectivity index (χ0v) is 25.0. The van der Waals surface area contributed by atoms with E-state index < -0.39 is 5.83 Å². The molecule has 6 nitrogen and oxygen atoms in total. The molecule has 1 aromatic rings. The Bertz CT molecular complexity index is 1020. The minimum atomic E-state index is -0.413. The van der Waals surface area contributed by atoms with Gasteiger partial charge in [-0.15, -0.1) is 0 Å². The molecular formula is C32H51FN4O2. The number of piperidine rings is 1. The van der Waals surface area contributed by atoms with E-state index in [0.717, 1.165) is 49.9 Å². The van der Waals surface area contributed by atoms with Crippen molar-refractivity contribution in [1.82, 2.24) is 15.2 Å². The third-order valence-electron chi connectivity index (χ3n) is 6.69. The topological polar surface area (TPSA) is 85.0 Å². The molecule has 1 aliphatic carbocycles. The zero-order valence-electron chi connectivity index (χ0n) is 25.0. The fourth-order valence-corrected chi connectivity index (χ4v) is 4.37. The molecule has 4 rings (SSSR count). The Morgan fingerprint density at radius 1 is 1.13 bits per heavy atom. The molecule has 0 radical (unpaired) electrons. The fraction of sp³-hybridized carbons (Fsp3) is 0.500. The third kappa shape index (κ3) is 10.3. The van der Waals surface area contributed by atoms with Gasteiger partial charge in [0.2, 0.25) is 0 Å². The highest BCUT2D eigenvalue weighted by Crippen LogP contribution is 2.37. The number of nitrogens with two attached hydrogens (primary N) is 1. The molecule has 2 heterocycles. The van der Waals surface area contributed by atoms with Crippen molar-refractivity contribution in [2.45, 2.75) is 67.9 Å². The lowest BCUT2D eigenvalue weighted by atomic mass is 9.95. The highest BCUT2D eigenvalue weighted by atomic mass is 19.1. The summed E-state index contributed by atoms with van der Waals surface area (Å²) in [5.41, 5.74) is 5.43. The lowest BCUT2D eigenvalue weighted by molar-refractivity contribution is 0.127. The van der Waals surface area contributed by atoms with Crippen LogP contribution in [0, 0.1) is 18.8 Å². The maximum Gasteiger partial charge on any atom is 0.144 e. The van der Waals surface area contributed by atoms with E-state index in [-0.39, 0.29) is 5.92 Å². The number of rotatable bonds is 8. The van der Waals surface area contributed by atoms with Gasteiger partial charge < -0.3 is 15.5 Å². The van der Waals surface area contributed by atoms with E-state index in [1.807, 2.05) is 53.7 Å². The summed E-state index contributed by atoms with van der Waals surface area (Å²) in [5.74, 6) is 6.52. The van der Waals surface area contributed by atoms with Gasteiger partial charge in [-0.3, -0.25) is 9.91 Å². The van der Waals surface area contributed by atoms with Crippen LogP contribution >= 0.6 is 0 Å². The maximum absolute atomic E-state index is 14.3. The molecule has 0 aromatic heterocycles. The number of aryl methyl sites for hydroxylation is 1. The van der Waals surface area contributed by atoms with E-state index in [1.165, 1.54) is 28.4 Å². The molecule has 218 valence electrons. The highest BCUT2D eigenvalue weighted by molar-refractivity contribution is 5.70. The lowest BCUT2D eigenvalue weighted by Crippen LogP contribution is -2.35. The smallest absolute Gasteiger partial charge is 0.144 e. The standard InChI is InChI=1S/C26H33FN4O2.3C2H6/c1-18-2-3-20(12-23(18)15-30-9-6-19(17-33)7-10-30)22-4-5-26(29-14-22)31(28)16-25(27)24-13-21(24)8-11-32;3*1-2/h2-5,8,11-13,16,19,21,29,32-33H,6-7,9-10,14-15,17,28H2,1H3;3*1-2H3/b11-8+,25-16-;;;. The van der Waals surface area contributed by atoms with Gasteiger partial charge in [-0.05, 0) is 84.8 Å². The molecule has 1 aromatic carbocycles. The van der Waals surface area contributed by atoms with Gasteiger partial charge >= 0.3 is 0 Å². The molecule has 3 aliphatic rings. The number of hydrogen-bond acceptors (Lipinski definition) is 6. The van der Waals surface area contributed by atoms with Gasteiger partial charge in [-0.2, -0.15) is 0 Å². The normalized spacial score (nSPS) is 19.1. The number of hydrogen-bond donors (Lipinski definition) is 4. The molecule has 7 heteroatoms. The van der Waals surface area contributed by atoms with Crippen LogP contribution in [-0.2, 0) is 6.54 Å². The summed E-state index contributed by atoms with van der Waals surface area (Å²) < 4.78 is 14.3. The number of nitrogens with one attached hydrogen (secondary N) is 1. The summed E-state index contributed by atoms with van der Waals surface area (Å²) in [7, 11) is 0. The number of likely N-dealkylation sites (tertiary alicyclic amines) is 1. The van der Waals surface area contributed by atoms with E-state index in [0.29, 0.717) is 30.5 Å². The molecule has 5 N–H and O–H groups in total. The summed E-state index contributed by atoms with van der Waals surface area (Å²) in [5, 5.41) is 22.7. The van der Waals surface area contributed by atoms with Crippen molar-refractivity contribution in [2.75, 3.05) is 26.2 Å². The molecule has 2 aliphatic heterocycles. The second-order valence-corrected chi connectivity index (χ2v) is 9.01. The summed E-state index contributed by atoms with van der Waals surface area (Å²) in [6.45, 7) is 18.0. The molecule has 1 atom stereocenters. The van der Waals surface area contributed by atoms with Crippen LogP contribution in [0.5, 0.6) is 0 Å². The first kappa shape index (κ1) is 34.2. The summed E-state index contributed by atoms with van der Waals surface area (Å²) in [6.07, 6.45) is 11.4. The van der Waals surface area contributed by atoms with Crippen molar-refractivity contribution in [1.29, 1.82) is 0 Å². The Hall–Kier alpha value is -2.87. The summed E-state index contributed by atoms with van der Waals surface area (Å²) >= 11 is 0. The van der Waals surface area contributed by atoms with Gasteiger partial charge in [-0.1, -0.05) is 65.8 Å². The molecule has 1 fully saturated rings. The molecule has 39 heavy (non-hydrogen) atoms. The first-order valence-corrected chi connectivity index (χ1v) is 14.5. The Kier molecular flexibility index (Phi) is 16.1. The number of hydrazine groups is 1. The number of halogens is 1. The van der Waals surface area contributed by atoms with Crippen LogP contribution < -0.4 is 11.2 Å². The molecule has 0 bridgehead atoms. The Labute approximate surface area is 236 Å². The van der Waals surface area contributed by atoms with Gasteiger partial charge in [-0.25, -0.2) is 10.2 Å². The second kappa shape index (κ2) is 18.4. The predicted octanol–water partition coefficient (Wildman–Crippen LogP) is 6.72. The van der Waals surface area contributed by atoms with Gasteiger partial charge in [0.15, 0.2) is 0 Å². The van der Waals surface area contributed by atoms with Crippen molar-refractivity contribution in [3.8, 4) is 0 Å². The van der Waals surface area contributed by atoms with E-state index in [1.54, 1.807) is 6.08 Å². The predicted molar refractivity (Wildman–Crippen MR) is 163 cm³/mol. The third-order valence-corrected chi connectivity index (χ3v) is 6.69. The minimum Gasteiger partial charge on any atom is -0.516 e. The molecular weight excluding hydrogens is 491 g/mol. The number of aliphatic hydroxyl groups is 2. The van der Waals surface area contributed by atoms with Crippen molar-refractivity contribution in [3.63, 3.8) is 0 Å². The van der Waals surface area contributed by atoms with Crippen LogP contribution in [0.15, 0.2) is 72.2 Å². The average Bonchev–Trinajstić information content (AvgIpc) is 3.77. The number of dihydropyridines is 1. The molecule has 0 amide bonds. The largest absolute Gasteiger partial charge is 0.516 e. The van der Waals surface area contributed by atoms with Gasteiger partial charge in [0.05, 0.1) is 12.5 Å². The molecule has 1 unspecified atom stereocenters. The monoisotopic (exact) mass is 542 g/mol. The first-order chi connectivity index (χ1) is 19.0. The first-order valence-electron chi connectivity index (χ1n) is 14.5. The van der Waals surface area contributed by atoms with Crippen LogP contribution in [0.1, 0.15) is 71.1 Å². The van der Waals surface area contributed by atoms with Crippen molar-refractivity contribution >= 4 is 5.57 Å². The van der Waals surface area contributed by atoms with E-state index in [9.17, 15) is 9.50 Å². The highest BCUT2D eigenvalue weighted by Gasteiger charge is 2.26. The number of benzene rings is 1. The van der Waals surface area contributed by atoms with Crippen LogP contribution in [0.2, 0.25) is 0 Å². The van der Waals surface area contributed by atoms with Crippen LogP contribution in [0.4, 0.5) is 4.39 Å². The van der Waals surface area contributed by atoms with Crippen LogP contribution in [0.25, 0.3) is 5.57 Å². The second-order valence-electron chi connectivity index (χ2n) is 9.01. The fourth-order valence-electron chi connectivity index (χ4n) is 4.37. The molecule has 0 spiro atoms. The molecule has 1 saturated heterocycles. The van der Waals surface area contributed by atoms with E-state index in [2.05, 4.69) is 35.3 Å². The van der Waals surface area contributed by atoms with Crippen molar-refractivity contribution in [3.05, 3.63) is 88.9 Å². The van der Waals surface area contributed by atoms with Gasteiger partial charge in [0, 0.05) is 25.6 Å². The van der Waals surface area contributed by atoms with E-state index >= 15 is 0 Å². The van der Waals surface area contributed by atoms with Gasteiger partial charge in [0.1, 0.15) is 11.6 Å². The SMILES string of the molecule is CC.CC.CC.Cc1ccc(C2=CC=C(N(N)/C=C(\F)C3=CC3/C=C/O)NC2)cc1CN1CCC(CO)CC1. The molecule has 0 saturated carbocycles. The zero-order chi connectivity index (χ0) is 29.4. The van der Waals surface area contributed by atoms with E-state index in [4.69, 9.17) is 10.9 Å². The Morgan fingerprint density at radius 3 is 2.36 bits per heavy atom. The number of nitrogens with zero attached hydrogens (tertiary/aromatic N) is 2.